The van der Waals surface area contributed by atoms with Gasteiger partial charge in [0.25, 0.3) is 0 Å². The molecule has 1 atom stereocenters. The van der Waals surface area contributed by atoms with Crippen LogP contribution in [0.3, 0.4) is 0 Å². The summed E-state index contributed by atoms with van der Waals surface area (Å²) in [4.78, 5) is 0.438. The van der Waals surface area contributed by atoms with E-state index in [0.29, 0.717) is 6.07 Å². The second-order valence-electron chi connectivity index (χ2n) is 6.25. The number of nitrogens with two attached hydrogens (primary N) is 1. The summed E-state index contributed by atoms with van der Waals surface area (Å²) in [7, 11) is -1.47. The molecule has 0 heterocycles. The Kier molecular flexibility index (Phi) is 6.31. The molecule has 0 fully saturated rings. The predicted molar refractivity (Wildman–Crippen MR) is 94.1 cm³/mol. The molecular weight excluding hydrogens is 405 g/mol. The molecule has 0 aromatic heterocycles. The van der Waals surface area contributed by atoms with Crippen LogP contribution in [-0.4, -0.2) is 34.0 Å². The highest BCUT2D eigenvalue weighted by Gasteiger charge is 2.36. The van der Waals surface area contributed by atoms with Gasteiger partial charge in [0, 0.05) is 17.8 Å². The number of halogens is 5. The van der Waals surface area contributed by atoms with Crippen LogP contribution in [0.1, 0.15) is 17.2 Å². The number of rotatable bonds is 6. The lowest BCUT2D eigenvalue weighted by molar-refractivity contribution is -0.139. The second kappa shape index (κ2) is 8.02. The van der Waals surface area contributed by atoms with Crippen molar-refractivity contribution < 1.29 is 30.4 Å². The van der Waals surface area contributed by atoms with E-state index in [1.807, 2.05) is 0 Å². The van der Waals surface area contributed by atoms with E-state index >= 15 is 0 Å². The van der Waals surface area contributed by atoms with E-state index in [1.165, 1.54) is 11.0 Å². The van der Waals surface area contributed by atoms with Gasteiger partial charge in [-0.3, -0.25) is 0 Å². The zero-order valence-electron chi connectivity index (χ0n) is 14.9. The van der Waals surface area contributed by atoms with Crippen LogP contribution >= 0.6 is 0 Å². The standard InChI is InChI=1S/C17H18F5N3O2S/c1-25(2)14(16-12(18)4-3-5-13(16)19)9-24-10-6-7-15(28(23,26)27)11(8-10)17(20,21)22/h3-8,14,24H,9H2,1-2H3,(H2,23,26,27). The van der Waals surface area contributed by atoms with Gasteiger partial charge in [0.15, 0.2) is 0 Å². The van der Waals surface area contributed by atoms with Gasteiger partial charge in [0.1, 0.15) is 11.6 Å². The van der Waals surface area contributed by atoms with Crippen LogP contribution in [0.25, 0.3) is 0 Å². The number of alkyl halides is 3. The number of primary sulfonamides is 1. The zero-order valence-corrected chi connectivity index (χ0v) is 15.7. The molecule has 3 N–H and O–H groups in total. The van der Waals surface area contributed by atoms with Gasteiger partial charge in [-0.15, -0.1) is 0 Å². The van der Waals surface area contributed by atoms with Crippen molar-refractivity contribution >= 4 is 15.7 Å². The number of hydrogen-bond donors (Lipinski definition) is 2. The number of likely N-dealkylation sites (N-methyl/N-ethyl adjacent to an activating group) is 1. The lowest BCUT2D eigenvalue weighted by Crippen LogP contribution is -2.28. The smallest absolute Gasteiger partial charge is 0.383 e. The Morgan fingerprint density at radius 2 is 1.68 bits per heavy atom. The van der Waals surface area contributed by atoms with Gasteiger partial charge in [-0.2, -0.15) is 13.2 Å². The van der Waals surface area contributed by atoms with Crippen LogP contribution in [0.2, 0.25) is 0 Å². The molecular formula is C17H18F5N3O2S. The van der Waals surface area contributed by atoms with Gasteiger partial charge >= 0.3 is 6.18 Å². The van der Waals surface area contributed by atoms with Crippen molar-refractivity contribution in [3.63, 3.8) is 0 Å². The first-order chi connectivity index (χ1) is 12.8. The van der Waals surface area contributed by atoms with Crippen LogP contribution in [0.15, 0.2) is 41.3 Å². The first-order valence-corrected chi connectivity index (χ1v) is 9.45. The number of anilines is 1. The van der Waals surface area contributed by atoms with Gasteiger partial charge < -0.3 is 10.2 Å². The lowest BCUT2D eigenvalue weighted by atomic mass is 10.0. The molecule has 0 saturated carbocycles. The first-order valence-electron chi connectivity index (χ1n) is 7.90. The number of hydrogen-bond acceptors (Lipinski definition) is 4. The molecule has 2 rings (SSSR count). The predicted octanol–water partition coefficient (Wildman–Crippen LogP) is 3.35. The number of benzene rings is 2. The molecule has 1 unspecified atom stereocenters. The monoisotopic (exact) mass is 423 g/mol. The molecule has 2 aromatic carbocycles. The normalized spacial score (nSPS) is 13.6. The quantitative estimate of drug-likeness (QED) is 0.699. The first kappa shape index (κ1) is 22.1. The largest absolute Gasteiger partial charge is 0.417 e. The van der Waals surface area contributed by atoms with Crippen LogP contribution in [-0.2, 0) is 16.2 Å². The topological polar surface area (TPSA) is 75.4 Å². The minimum atomic E-state index is -4.96. The van der Waals surface area contributed by atoms with Crippen LogP contribution in [0.4, 0.5) is 27.6 Å². The van der Waals surface area contributed by atoms with Gasteiger partial charge in [0.2, 0.25) is 10.0 Å². The maximum atomic E-state index is 14.1. The summed E-state index contributed by atoms with van der Waals surface area (Å²) in [6.07, 6.45) is -4.96. The second-order valence-corrected chi connectivity index (χ2v) is 7.78. The minimum Gasteiger partial charge on any atom is -0.383 e. The SMILES string of the molecule is CN(C)C(CNc1ccc(S(N)(=O)=O)c(C(F)(F)F)c1)c1c(F)cccc1F. The van der Waals surface area contributed by atoms with E-state index in [1.54, 1.807) is 14.1 Å². The molecule has 154 valence electrons. The highest BCUT2D eigenvalue weighted by atomic mass is 32.2. The molecule has 5 nitrogen and oxygen atoms in total. The Balaban J connectivity index is 2.37. The Morgan fingerprint density at radius 1 is 1.11 bits per heavy atom. The number of nitrogens with one attached hydrogen (secondary N) is 1. The Hall–Kier alpha value is -2.24. The molecule has 0 saturated heterocycles. The summed E-state index contributed by atoms with van der Waals surface area (Å²) < 4.78 is 90.5. The molecule has 0 amide bonds. The van der Waals surface area contributed by atoms with E-state index in [9.17, 15) is 30.4 Å². The van der Waals surface area contributed by atoms with Gasteiger partial charge in [0.05, 0.1) is 16.5 Å². The summed E-state index contributed by atoms with van der Waals surface area (Å²) >= 11 is 0. The fourth-order valence-corrected chi connectivity index (χ4v) is 3.43. The number of nitrogens with zero attached hydrogens (tertiary/aromatic N) is 1. The molecule has 0 aliphatic carbocycles. The minimum absolute atomic E-state index is 0.0803. The summed E-state index contributed by atoms with van der Waals surface area (Å²) in [5.41, 5.74) is -1.75. The van der Waals surface area contributed by atoms with Gasteiger partial charge in [-0.25, -0.2) is 22.3 Å². The van der Waals surface area contributed by atoms with Crippen molar-refractivity contribution in [2.45, 2.75) is 17.1 Å². The Labute approximate surface area is 159 Å². The van der Waals surface area contributed by atoms with Crippen LogP contribution < -0.4 is 10.5 Å². The Bertz CT molecular complexity index is 942. The van der Waals surface area contributed by atoms with Crippen molar-refractivity contribution in [1.29, 1.82) is 0 Å². The van der Waals surface area contributed by atoms with Crippen LogP contribution in [0.5, 0.6) is 0 Å². The molecule has 0 aliphatic rings. The molecule has 28 heavy (non-hydrogen) atoms. The molecule has 11 heteroatoms. The summed E-state index contributed by atoms with van der Waals surface area (Å²) in [5, 5.41) is 7.50. The van der Waals surface area contributed by atoms with Crippen molar-refractivity contribution in [3.05, 3.63) is 59.2 Å². The van der Waals surface area contributed by atoms with Gasteiger partial charge in [-0.1, -0.05) is 6.07 Å². The van der Waals surface area contributed by atoms with Crippen molar-refractivity contribution in [1.82, 2.24) is 4.90 Å². The lowest BCUT2D eigenvalue weighted by Gasteiger charge is -2.26. The summed E-state index contributed by atoms with van der Waals surface area (Å²) in [6, 6.07) is 4.94. The fraction of sp³-hybridized carbons (Fsp3) is 0.294. The maximum Gasteiger partial charge on any atom is 0.417 e. The fourth-order valence-electron chi connectivity index (χ4n) is 2.70. The van der Waals surface area contributed by atoms with Crippen molar-refractivity contribution in [2.24, 2.45) is 5.14 Å². The average Bonchev–Trinajstić information content (AvgIpc) is 2.55. The molecule has 0 radical (unpaired) electrons. The van der Waals surface area contributed by atoms with Crippen molar-refractivity contribution in [2.75, 3.05) is 26.0 Å². The average molecular weight is 423 g/mol. The molecule has 0 aliphatic heterocycles. The van der Waals surface area contributed by atoms with Gasteiger partial charge in [-0.05, 0) is 44.4 Å². The molecule has 0 spiro atoms. The third-order valence-electron chi connectivity index (χ3n) is 4.05. The maximum absolute atomic E-state index is 14.1. The summed E-state index contributed by atoms with van der Waals surface area (Å²) in [6.45, 7) is -0.142. The van der Waals surface area contributed by atoms with E-state index in [4.69, 9.17) is 5.14 Å². The third kappa shape index (κ3) is 4.97. The zero-order chi connectivity index (χ0) is 21.3. The highest BCUT2D eigenvalue weighted by Crippen LogP contribution is 2.35. The molecule has 0 bridgehead atoms. The summed E-state index contributed by atoms with van der Waals surface area (Å²) in [5.74, 6) is -1.58. The number of sulfonamides is 1. The van der Waals surface area contributed by atoms with E-state index < -0.39 is 44.3 Å². The Morgan fingerprint density at radius 3 is 2.14 bits per heavy atom. The van der Waals surface area contributed by atoms with Crippen molar-refractivity contribution in [3.8, 4) is 0 Å². The van der Waals surface area contributed by atoms with E-state index in [-0.39, 0.29) is 17.8 Å². The third-order valence-corrected chi connectivity index (χ3v) is 5.02. The van der Waals surface area contributed by atoms with E-state index in [0.717, 1.165) is 24.3 Å². The highest BCUT2D eigenvalue weighted by molar-refractivity contribution is 7.89. The van der Waals surface area contributed by atoms with E-state index in [2.05, 4.69) is 5.32 Å². The van der Waals surface area contributed by atoms with Crippen LogP contribution in [0, 0.1) is 11.6 Å². The molecule has 2 aromatic rings.